The molecule has 2 aromatic rings. The molecule has 0 radical (unpaired) electrons. The monoisotopic (exact) mass is 461 g/mol. The summed E-state index contributed by atoms with van der Waals surface area (Å²) in [6.45, 7) is 10.1. The second kappa shape index (κ2) is 11.1. The third-order valence-electron chi connectivity index (χ3n) is 6.46. The summed E-state index contributed by atoms with van der Waals surface area (Å²) in [6, 6.07) is 3.66. The number of nitrogens with zero attached hydrogens (tertiary/aromatic N) is 2. The van der Waals surface area contributed by atoms with Crippen LogP contribution in [0, 0.1) is 0 Å². The lowest BCUT2D eigenvalue weighted by Gasteiger charge is -2.24. The molecule has 1 aliphatic heterocycles. The highest BCUT2D eigenvalue weighted by atomic mass is 16.5. The number of pyridine rings is 1. The SMILES string of the molecule is C=C/C=C\C1=C(C)C=C(C(=O)OC)Cn2c1c(C1CCCCC1)c1ccc(C(N)=O)nc12.CC. The third kappa shape index (κ3) is 4.76. The van der Waals surface area contributed by atoms with Crippen LogP contribution in [-0.2, 0) is 16.1 Å². The molecule has 1 fully saturated rings. The summed E-state index contributed by atoms with van der Waals surface area (Å²) in [5.74, 6) is -0.558. The van der Waals surface area contributed by atoms with Crippen LogP contribution in [0.3, 0.4) is 0 Å². The van der Waals surface area contributed by atoms with E-state index in [0.717, 1.165) is 35.1 Å². The zero-order chi connectivity index (χ0) is 24.8. The van der Waals surface area contributed by atoms with Crippen LogP contribution < -0.4 is 5.73 Å². The summed E-state index contributed by atoms with van der Waals surface area (Å²) in [7, 11) is 1.39. The summed E-state index contributed by atoms with van der Waals surface area (Å²) >= 11 is 0. The number of ether oxygens (including phenoxy) is 1. The quantitative estimate of drug-likeness (QED) is 0.448. The highest BCUT2D eigenvalue weighted by Gasteiger charge is 2.30. The number of primary amides is 1. The van der Waals surface area contributed by atoms with Crippen LogP contribution >= 0.6 is 0 Å². The number of hydrogen-bond donors (Lipinski definition) is 1. The van der Waals surface area contributed by atoms with Gasteiger partial charge < -0.3 is 15.0 Å². The minimum atomic E-state index is -0.572. The summed E-state index contributed by atoms with van der Waals surface area (Å²) in [5, 5.41) is 1.01. The lowest BCUT2D eigenvalue weighted by molar-refractivity contribution is -0.136. The normalized spacial score (nSPS) is 16.4. The minimum absolute atomic E-state index is 0.213. The molecule has 0 bridgehead atoms. The molecule has 6 heteroatoms. The fourth-order valence-corrected chi connectivity index (χ4v) is 5.00. The molecule has 2 N–H and O–H groups in total. The maximum atomic E-state index is 12.6. The first-order chi connectivity index (χ1) is 16.5. The fraction of sp³-hybridized carbons (Fsp3) is 0.393. The number of esters is 1. The van der Waals surface area contributed by atoms with E-state index in [1.54, 1.807) is 12.1 Å². The molecule has 2 aromatic heterocycles. The van der Waals surface area contributed by atoms with Gasteiger partial charge in [0.15, 0.2) is 0 Å². The molecule has 1 amide bonds. The molecule has 0 spiro atoms. The van der Waals surface area contributed by atoms with Gasteiger partial charge in [0.25, 0.3) is 5.91 Å². The molecular weight excluding hydrogens is 426 g/mol. The molecular formula is C28H35N3O3. The molecule has 6 nitrogen and oxygen atoms in total. The van der Waals surface area contributed by atoms with Crippen LogP contribution in [0.2, 0.25) is 0 Å². The van der Waals surface area contributed by atoms with Crippen LogP contribution in [-0.4, -0.2) is 28.5 Å². The van der Waals surface area contributed by atoms with Gasteiger partial charge >= 0.3 is 5.97 Å². The van der Waals surface area contributed by atoms with Gasteiger partial charge in [0.05, 0.1) is 24.9 Å². The van der Waals surface area contributed by atoms with E-state index in [1.807, 2.05) is 49.6 Å². The molecule has 1 aliphatic carbocycles. The lowest BCUT2D eigenvalue weighted by atomic mass is 9.81. The summed E-state index contributed by atoms with van der Waals surface area (Å²) < 4.78 is 7.10. The maximum Gasteiger partial charge on any atom is 0.335 e. The van der Waals surface area contributed by atoms with Crippen LogP contribution in [0.15, 0.2) is 54.2 Å². The number of hydrogen-bond acceptors (Lipinski definition) is 4. The van der Waals surface area contributed by atoms with Crippen LogP contribution in [0.5, 0.6) is 0 Å². The van der Waals surface area contributed by atoms with Crippen molar-refractivity contribution in [3.63, 3.8) is 0 Å². The number of rotatable bonds is 5. The van der Waals surface area contributed by atoms with Gasteiger partial charge in [-0.15, -0.1) is 0 Å². The highest BCUT2D eigenvalue weighted by molar-refractivity contribution is 5.98. The first-order valence-corrected chi connectivity index (χ1v) is 12.1. The number of fused-ring (bicyclic) bond motifs is 3. The Morgan fingerprint density at radius 1 is 1.21 bits per heavy atom. The predicted octanol–water partition coefficient (Wildman–Crippen LogP) is 5.84. The van der Waals surface area contributed by atoms with Gasteiger partial charge in [0.1, 0.15) is 11.3 Å². The Morgan fingerprint density at radius 2 is 1.91 bits per heavy atom. The van der Waals surface area contributed by atoms with Crippen molar-refractivity contribution in [2.24, 2.45) is 5.73 Å². The Kier molecular flexibility index (Phi) is 8.26. The number of allylic oxidation sites excluding steroid dienone is 6. The van der Waals surface area contributed by atoms with Crippen molar-refractivity contribution in [2.75, 3.05) is 7.11 Å². The Bertz CT molecular complexity index is 1190. The van der Waals surface area contributed by atoms with Crippen LogP contribution in [0.1, 0.15) is 80.5 Å². The average Bonchev–Trinajstić information content (AvgIpc) is 3.09. The second-order valence-electron chi connectivity index (χ2n) is 8.47. The number of amides is 1. The summed E-state index contributed by atoms with van der Waals surface area (Å²) in [4.78, 5) is 29.1. The molecule has 34 heavy (non-hydrogen) atoms. The van der Waals surface area contributed by atoms with Crippen molar-refractivity contribution >= 4 is 28.5 Å². The second-order valence-corrected chi connectivity index (χ2v) is 8.47. The van der Waals surface area contributed by atoms with Crippen LogP contribution in [0.4, 0.5) is 0 Å². The standard InChI is InChI=1S/C26H29N3O3.C2H6/c1-4-5-11-19-16(2)14-18(26(31)32-3)15-29-23(19)22(17-9-7-6-8-10-17)20-12-13-21(24(27)30)28-25(20)29;1-2/h4-5,11-14,17H,1,6-10,15H2,2-3H3,(H2,27,30);1-2H3/b11-5-;. The molecule has 0 aromatic carbocycles. The van der Waals surface area contributed by atoms with Crippen molar-refractivity contribution in [1.82, 2.24) is 9.55 Å². The Morgan fingerprint density at radius 3 is 2.53 bits per heavy atom. The molecule has 0 saturated heterocycles. The Balaban J connectivity index is 0.00000158. The van der Waals surface area contributed by atoms with Gasteiger partial charge in [-0.3, -0.25) is 4.79 Å². The van der Waals surface area contributed by atoms with Crippen molar-refractivity contribution < 1.29 is 14.3 Å². The minimum Gasteiger partial charge on any atom is -0.466 e. The largest absolute Gasteiger partial charge is 0.466 e. The van der Waals surface area contributed by atoms with Crippen LogP contribution in [0.25, 0.3) is 16.6 Å². The van der Waals surface area contributed by atoms with Crippen molar-refractivity contribution in [3.8, 4) is 0 Å². The maximum absolute atomic E-state index is 12.6. The molecule has 2 aliphatic rings. The third-order valence-corrected chi connectivity index (χ3v) is 6.46. The van der Waals surface area contributed by atoms with E-state index in [9.17, 15) is 9.59 Å². The molecule has 3 heterocycles. The highest BCUT2D eigenvalue weighted by Crippen LogP contribution is 2.44. The van der Waals surface area contributed by atoms with Gasteiger partial charge in [-0.2, -0.15) is 0 Å². The average molecular weight is 462 g/mol. The summed E-state index contributed by atoms with van der Waals surface area (Å²) in [5.41, 5.74) is 11.2. The molecule has 1 saturated carbocycles. The molecule has 0 unspecified atom stereocenters. The van der Waals surface area contributed by atoms with E-state index in [1.165, 1.54) is 31.9 Å². The van der Waals surface area contributed by atoms with E-state index in [4.69, 9.17) is 10.5 Å². The number of carbonyl (C=O) groups excluding carboxylic acids is 2. The molecule has 180 valence electrons. The number of aromatic nitrogens is 2. The van der Waals surface area contributed by atoms with E-state index in [2.05, 4.69) is 11.6 Å². The van der Waals surface area contributed by atoms with E-state index in [-0.39, 0.29) is 11.7 Å². The first-order valence-electron chi connectivity index (χ1n) is 12.1. The number of carbonyl (C=O) groups is 2. The van der Waals surface area contributed by atoms with E-state index in [0.29, 0.717) is 23.7 Å². The van der Waals surface area contributed by atoms with E-state index < -0.39 is 5.91 Å². The van der Waals surface area contributed by atoms with Gasteiger partial charge in [-0.1, -0.05) is 57.9 Å². The van der Waals surface area contributed by atoms with Gasteiger partial charge in [-0.05, 0) is 55.0 Å². The number of methoxy groups -OCH3 is 1. The van der Waals surface area contributed by atoms with Crippen molar-refractivity contribution in [1.29, 1.82) is 0 Å². The summed E-state index contributed by atoms with van der Waals surface area (Å²) in [6.07, 6.45) is 13.4. The smallest absolute Gasteiger partial charge is 0.335 e. The van der Waals surface area contributed by atoms with E-state index >= 15 is 0 Å². The van der Waals surface area contributed by atoms with Gasteiger partial charge in [0.2, 0.25) is 0 Å². The van der Waals surface area contributed by atoms with Gasteiger partial charge in [-0.25, -0.2) is 9.78 Å². The fourth-order valence-electron chi connectivity index (χ4n) is 5.00. The Labute approximate surface area is 201 Å². The Hall–Kier alpha value is -3.41. The lowest BCUT2D eigenvalue weighted by Crippen LogP contribution is -2.15. The van der Waals surface area contributed by atoms with Crippen molar-refractivity contribution in [2.45, 2.75) is 65.3 Å². The molecule has 4 rings (SSSR count). The zero-order valence-electron chi connectivity index (χ0n) is 20.7. The topological polar surface area (TPSA) is 87.2 Å². The van der Waals surface area contributed by atoms with Crippen molar-refractivity contribution in [3.05, 3.63) is 71.1 Å². The first kappa shape index (κ1) is 25.2. The zero-order valence-corrected chi connectivity index (χ0v) is 20.7. The predicted molar refractivity (Wildman–Crippen MR) is 137 cm³/mol. The molecule has 0 atom stereocenters. The van der Waals surface area contributed by atoms with Gasteiger partial charge in [0, 0.05) is 11.0 Å². The number of nitrogens with two attached hydrogens (primary N) is 1.